The second-order valence-electron chi connectivity index (χ2n) is 6.51. The van der Waals surface area contributed by atoms with Crippen molar-refractivity contribution in [1.82, 2.24) is 15.0 Å². The van der Waals surface area contributed by atoms with E-state index in [2.05, 4.69) is 46.5 Å². The normalized spacial score (nSPS) is 16.9. The highest BCUT2D eigenvalue weighted by Crippen LogP contribution is 2.30. The van der Waals surface area contributed by atoms with Crippen molar-refractivity contribution < 1.29 is 9.47 Å². The Morgan fingerprint density at radius 2 is 1.85 bits per heavy atom. The van der Waals surface area contributed by atoms with E-state index < -0.39 is 0 Å². The van der Waals surface area contributed by atoms with Crippen LogP contribution in [-0.2, 0) is 9.47 Å². The molecule has 3 heterocycles. The van der Waals surface area contributed by atoms with Crippen LogP contribution in [0, 0.1) is 6.92 Å². The summed E-state index contributed by atoms with van der Waals surface area (Å²) < 4.78 is 11.1. The van der Waals surface area contributed by atoms with Gasteiger partial charge in [-0.3, -0.25) is 4.98 Å². The first-order valence-electron chi connectivity index (χ1n) is 9.07. The summed E-state index contributed by atoms with van der Waals surface area (Å²) in [6, 6.07) is 12.3. The van der Waals surface area contributed by atoms with Crippen LogP contribution in [0.4, 0.5) is 5.95 Å². The molecule has 2 aromatic heterocycles. The third kappa shape index (κ3) is 4.30. The number of nitrogens with zero attached hydrogens (tertiary/aromatic N) is 3. The van der Waals surface area contributed by atoms with E-state index in [9.17, 15) is 0 Å². The van der Waals surface area contributed by atoms with Crippen molar-refractivity contribution in [1.29, 1.82) is 0 Å². The van der Waals surface area contributed by atoms with E-state index in [-0.39, 0.29) is 6.10 Å². The van der Waals surface area contributed by atoms with E-state index in [1.165, 1.54) is 5.56 Å². The maximum absolute atomic E-state index is 5.67. The van der Waals surface area contributed by atoms with Gasteiger partial charge in [0.1, 0.15) is 0 Å². The first kappa shape index (κ1) is 17.6. The molecule has 0 amide bonds. The van der Waals surface area contributed by atoms with Crippen molar-refractivity contribution in [2.75, 3.05) is 31.7 Å². The maximum atomic E-state index is 5.67. The van der Waals surface area contributed by atoms with Gasteiger partial charge in [-0.1, -0.05) is 29.8 Å². The number of hydrogen-bond donors (Lipinski definition) is 1. The summed E-state index contributed by atoms with van der Waals surface area (Å²) in [6.45, 7) is 4.57. The summed E-state index contributed by atoms with van der Waals surface area (Å²) >= 11 is 0. The van der Waals surface area contributed by atoms with Crippen molar-refractivity contribution in [3.8, 4) is 22.4 Å². The smallest absolute Gasteiger partial charge is 0.223 e. The van der Waals surface area contributed by atoms with Crippen LogP contribution in [0.15, 0.2) is 55.0 Å². The molecule has 1 unspecified atom stereocenters. The Morgan fingerprint density at radius 3 is 2.59 bits per heavy atom. The maximum Gasteiger partial charge on any atom is 0.223 e. The predicted octanol–water partition coefficient (Wildman–Crippen LogP) is 3.34. The minimum atomic E-state index is 0.0186. The highest BCUT2D eigenvalue weighted by atomic mass is 16.6. The standard InChI is InChI=1S/C21H22N4O2/c1-15-2-4-17(5-3-15)20-19(16-6-8-22-9-7-16)13-24-21(25-20)23-12-18-14-26-10-11-27-18/h2-9,13,18H,10-12,14H2,1H3,(H,23,24,25). The molecule has 1 atom stereocenters. The molecular weight excluding hydrogens is 340 g/mol. The summed E-state index contributed by atoms with van der Waals surface area (Å²) in [7, 11) is 0. The van der Waals surface area contributed by atoms with Crippen LogP contribution in [0.3, 0.4) is 0 Å². The van der Waals surface area contributed by atoms with Gasteiger partial charge in [0, 0.05) is 36.3 Å². The number of benzene rings is 1. The molecule has 6 nitrogen and oxygen atoms in total. The van der Waals surface area contributed by atoms with E-state index in [1.807, 2.05) is 18.3 Å². The Bertz CT molecular complexity index is 878. The van der Waals surface area contributed by atoms with Gasteiger partial charge >= 0.3 is 0 Å². The Hall–Kier alpha value is -2.83. The molecule has 0 spiro atoms. The number of aryl methyl sites for hydroxylation is 1. The van der Waals surface area contributed by atoms with E-state index in [4.69, 9.17) is 14.5 Å². The summed E-state index contributed by atoms with van der Waals surface area (Å²) in [5.41, 5.74) is 5.17. The zero-order valence-corrected chi connectivity index (χ0v) is 15.3. The number of nitrogens with one attached hydrogen (secondary N) is 1. The van der Waals surface area contributed by atoms with Crippen LogP contribution in [0.2, 0.25) is 0 Å². The monoisotopic (exact) mass is 362 g/mol. The predicted molar refractivity (Wildman–Crippen MR) is 104 cm³/mol. The van der Waals surface area contributed by atoms with Gasteiger partial charge in [0.05, 0.1) is 31.6 Å². The summed E-state index contributed by atoms with van der Waals surface area (Å²) in [4.78, 5) is 13.4. The molecule has 0 aliphatic carbocycles. The largest absolute Gasteiger partial charge is 0.376 e. The minimum absolute atomic E-state index is 0.0186. The number of ether oxygens (including phenoxy) is 2. The van der Waals surface area contributed by atoms with Crippen molar-refractivity contribution in [2.45, 2.75) is 13.0 Å². The second-order valence-corrected chi connectivity index (χ2v) is 6.51. The molecule has 1 aliphatic heterocycles. The van der Waals surface area contributed by atoms with Gasteiger partial charge in [-0.15, -0.1) is 0 Å². The van der Waals surface area contributed by atoms with E-state index in [0.717, 1.165) is 22.4 Å². The highest BCUT2D eigenvalue weighted by molar-refractivity contribution is 5.80. The van der Waals surface area contributed by atoms with Crippen molar-refractivity contribution >= 4 is 5.95 Å². The lowest BCUT2D eigenvalue weighted by Crippen LogP contribution is -2.34. The number of anilines is 1. The van der Waals surface area contributed by atoms with Gasteiger partial charge in [0.2, 0.25) is 5.95 Å². The number of hydrogen-bond acceptors (Lipinski definition) is 6. The summed E-state index contributed by atoms with van der Waals surface area (Å²) in [5, 5.41) is 3.28. The fourth-order valence-corrected chi connectivity index (χ4v) is 3.00. The second kappa shape index (κ2) is 8.24. The Labute approximate surface area is 158 Å². The molecule has 0 saturated carbocycles. The van der Waals surface area contributed by atoms with Crippen LogP contribution in [-0.4, -0.2) is 47.4 Å². The first-order valence-corrected chi connectivity index (χ1v) is 9.07. The third-order valence-corrected chi connectivity index (χ3v) is 4.48. The number of pyridine rings is 1. The van der Waals surface area contributed by atoms with Gasteiger partial charge in [-0.2, -0.15) is 0 Å². The van der Waals surface area contributed by atoms with E-state index in [0.29, 0.717) is 32.3 Å². The minimum Gasteiger partial charge on any atom is -0.376 e. The fourth-order valence-electron chi connectivity index (χ4n) is 3.00. The molecule has 0 bridgehead atoms. The molecule has 138 valence electrons. The molecule has 1 N–H and O–H groups in total. The van der Waals surface area contributed by atoms with Crippen LogP contribution < -0.4 is 5.32 Å². The molecule has 1 aromatic carbocycles. The van der Waals surface area contributed by atoms with Crippen LogP contribution in [0.1, 0.15) is 5.56 Å². The highest BCUT2D eigenvalue weighted by Gasteiger charge is 2.16. The average molecular weight is 362 g/mol. The fraction of sp³-hybridized carbons (Fsp3) is 0.286. The van der Waals surface area contributed by atoms with Crippen molar-refractivity contribution in [2.24, 2.45) is 0 Å². The summed E-state index contributed by atoms with van der Waals surface area (Å²) in [6.07, 6.45) is 5.43. The van der Waals surface area contributed by atoms with Crippen molar-refractivity contribution in [3.63, 3.8) is 0 Å². The quantitative estimate of drug-likeness (QED) is 0.751. The number of rotatable bonds is 5. The lowest BCUT2D eigenvalue weighted by Gasteiger charge is -2.23. The van der Waals surface area contributed by atoms with E-state index >= 15 is 0 Å². The molecule has 6 heteroatoms. The van der Waals surface area contributed by atoms with Crippen LogP contribution in [0.25, 0.3) is 22.4 Å². The van der Waals surface area contributed by atoms with Crippen molar-refractivity contribution in [3.05, 3.63) is 60.6 Å². The average Bonchev–Trinajstić information content (AvgIpc) is 2.74. The Morgan fingerprint density at radius 1 is 1.04 bits per heavy atom. The zero-order chi connectivity index (χ0) is 18.5. The van der Waals surface area contributed by atoms with Crippen LogP contribution in [0.5, 0.6) is 0 Å². The lowest BCUT2D eigenvalue weighted by atomic mass is 10.0. The zero-order valence-electron chi connectivity index (χ0n) is 15.3. The molecule has 27 heavy (non-hydrogen) atoms. The first-order chi connectivity index (χ1) is 13.3. The van der Waals surface area contributed by atoms with Gasteiger partial charge < -0.3 is 14.8 Å². The molecule has 1 aliphatic rings. The number of aromatic nitrogens is 3. The SMILES string of the molecule is Cc1ccc(-c2nc(NCC3COCCO3)ncc2-c2ccncc2)cc1. The van der Waals surface area contributed by atoms with E-state index in [1.54, 1.807) is 12.4 Å². The van der Waals surface area contributed by atoms with Gasteiger partial charge in [0.15, 0.2) is 0 Å². The van der Waals surface area contributed by atoms with Gasteiger partial charge in [0.25, 0.3) is 0 Å². The molecule has 1 fully saturated rings. The van der Waals surface area contributed by atoms with Gasteiger partial charge in [-0.05, 0) is 24.6 Å². The Kier molecular flexibility index (Phi) is 5.37. The molecule has 1 saturated heterocycles. The molecule has 0 radical (unpaired) electrons. The Balaban J connectivity index is 1.64. The van der Waals surface area contributed by atoms with Gasteiger partial charge in [-0.25, -0.2) is 9.97 Å². The molecular formula is C21H22N4O2. The van der Waals surface area contributed by atoms with Crippen LogP contribution >= 0.6 is 0 Å². The third-order valence-electron chi connectivity index (χ3n) is 4.48. The lowest BCUT2D eigenvalue weighted by molar-refractivity contribution is -0.0819. The molecule has 4 rings (SSSR count). The molecule has 3 aromatic rings. The topological polar surface area (TPSA) is 69.2 Å². The summed E-state index contributed by atoms with van der Waals surface area (Å²) in [5.74, 6) is 0.581.